The van der Waals surface area contributed by atoms with Crippen LogP contribution in [0.1, 0.15) is 24.5 Å². The molecule has 2 unspecified atom stereocenters. The molecular formula is C17H19FN2O. The van der Waals surface area contributed by atoms with Gasteiger partial charge in [0.05, 0.1) is 6.10 Å². The van der Waals surface area contributed by atoms with E-state index >= 15 is 0 Å². The van der Waals surface area contributed by atoms with E-state index in [1.54, 1.807) is 12.1 Å². The Morgan fingerprint density at radius 3 is 2.81 bits per heavy atom. The highest BCUT2D eigenvalue weighted by molar-refractivity contribution is 5.33. The molecule has 3 nitrogen and oxygen atoms in total. The fraction of sp³-hybridized carbons (Fsp3) is 0.353. The molecule has 1 aliphatic rings. The Morgan fingerprint density at radius 2 is 2.00 bits per heavy atom. The smallest absolute Gasteiger partial charge is 0.214 e. The van der Waals surface area contributed by atoms with Crippen molar-refractivity contribution in [3.05, 3.63) is 60.0 Å². The van der Waals surface area contributed by atoms with E-state index in [-0.39, 0.29) is 6.10 Å². The summed E-state index contributed by atoms with van der Waals surface area (Å²) in [6.07, 6.45) is 2.26. The van der Waals surface area contributed by atoms with Gasteiger partial charge in [-0.1, -0.05) is 36.4 Å². The number of ether oxygens (including phenoxy) is 1. The van der Waals surface area contributed by atoms with Gasteiger partial charge in [0, 0.05) is 19.1 Å². The lowest BCUT2D eigenvalue weighted by Crippen LogP contribution is -2.28. The van der Waals surface area contributed by atoms with E-state index in [0.29, 0.717) is 11.7 Å². The van der Waals surface area contributed by atoms with Gasteiger partial charge in [-0.25, -0.2) is 4.98 Å². The SMILES string of the molecule is Fc1cccc(NCC2CCCOC2c2ccccc2)n1. The lowest BCUT2D eigenvalue weighted by Gasteiger charge is -2.32. The predicted molar refractivity (Wildman–Crippen MR) is 80.5 cm³/mol. The Morgan fingerprint density at radius 1 is 1.14 bits per heavy atom. The molecule has 1 fully saturated rings. The van der Waals surface area contributed by atoms with E-state index in [0.717, 1.165) is 26.0 Å². The highest BCUT2D eigenvalue weighted by Gasteiger charge is 2.27. The lowest BCUT2D eigenvalue weighted by atomic mass is 9.89. The molecule has 0 bridgehead atoms. The molecule has 2 aromatic rings. The van der Waals surface area contributed by atoms with E-state index in [9.17, 15) is 4.39 Å². The van der Waals surface area contributed by atoms with Crippen molar-refractivity contribution in [2.45, 2.75) is 18.9 Å². The third-order valence-corrected chi connectivity index (χ3v) is 3.83. The van der Waals surface area contributed by atoms with Crippen LogP contribution < -0.4 is 5.32 Å². The summed E-state index contributed by atoms with van der Waals surface area (Å²) in [6.45, 7) is 1.53. The zero-order valence-electron chi connectivity index (χ0n) is 11.8. The van der Waals surface area contributed by atoms with Crippen molar-refractivity contribution in [1.82, 2.24) is 4.98 Å². The normalized spacial score (nSPS) is 22.0. The van der Waals surface area contributed by atoms with E-state index in [2.05, 4.69) is 22.4 Å². The third-order valence-electron chi connectivity index (χ3n) is 3.83. The van der Waals surface area contributed by atoms with Gasteiger partial charge in [0.25, 0.3) is 0 Å². The molecule has 1 aromatic carbocycles. The molecule has 1 aromatic heterocycles. The van der Waals surface area contributed by atoms with Gasteiger partial charge in [-0.05, 0) is 30.5 Å². The number of hydrogen-bond acceptors (Lipinski definition) is 3. The highest BCUT2D eigenvalue weighted by Crippen LogP contribution is 2.33. The van der Waals surface area contributed by atoms with Crippen LogP contribution in [0.3, 0.4) is 0 Å². The molecule has 2 atom stereocenters. The van der Waals surface area contributed by atoms with Crippen LogP contribution in [0.2, 0.25) is 0 Å². The van der Waals surface area contributed by atoms with Gasteiger partial charge in [0.2, 0.25) is 5.95 Å². The molecule has 0 radical (unpaired) electrons. The summed E-state index contributed by atoms with van der Waals surface area (Å²) >= 11 is 0. The van der Waals surface area contributed by atoms with Crippen molar-refractivity contribution < 1.29 is 9.13 Å². The zero-order chi connectivity index (χ0) is 14.5. The first-order chi connectivity index (χ1) is 10.3. The molecule has 0 aliphatic carbocycles. The molecule has 21 heavy (non-hydrogen) atoms. The molecule has 110 valence electrons. The molecule has 3 rings (SSSR count). The van der Waals surface area contributed by atoms with Crippen LogP contribution >= 0.6 is 0 Å². The number of anilines is 1. The van der Waals surface area contributed by atoms with E-state index in [1.165, 1.54) is 11.6 Å². The van der Waals surface area contributed by atoms with Crippen molar-refractivity contribution in [1.29, 1.82) is 0 Å². The maximum atomic E-state index is 13.1. The summed E-state index contributed by atoms with van der Waals surface area (Å²) in [4.78, 5) is 3.84. The standard InChI is InChI=1S/C17H19FN2O/c18-15-9-4-10-16(20-15)19-12-14-8-5-11-21-17(14)13-6-2-1-3-7-13/h1-4,6-7,9-10,14,17H,5,8,11-12H2,(H,19,20). The fourth-order valence-electron chi connectivity index (χ4n) is 2.81. The molecule has 2 heterocycles. The lowest BCUT2D eigenvalue weighted by molar-refractivity contribution is -0.0238. The largest absolute Gasteiger partial charge is 0.373 e. The van der Waals surface area contributed by atoms with Crippen molar-refractivity contribution in [3.8, 4) is 0 Å². The monoisotopic (exact) mass is 286 g/mol. The minimum Gasteiger partial charge on any atom is -0.373 e. The van der Waals surface area contributed by atoms with Crippen LogP contribution in [-0.4, -0.2) is 18.1 Å². The van der Waals surface area contributed by atoms with Crippen LogP contribution in [-0.2, 0) is 4.74 Å². The van der Waals surface area contributed by atoms with Gasteiger partial charge in [-0.2, -0.15) is 4.39 Å². The van der Waals surface area contributed by atoms with Crippen molar-refractivity contribution in [3.63, 3.8) is 0 Å². The first-order valence-electron chi connectivity index (χ1n) is 7.36. The quantitative estimate of drug-likeness (QED) is 0.868. The zero-order valence-corrected chi connectivity index (χ0v) is 11.8. The van der Waals surface area contributed by atoms with Crippen molar-refractivity contribution in [2.24, 2.45) is 5.92 Å². The molecule has 0 amide bonds. The first kappa shape index (κ1) is 14.0. The second kappa shape index (κ2) is 6.68. The van der Waals surface area contributed by atoms with Gasteiger partial charge in [0.1, 0.15) is 5.82 Å². The van der Waals surface area contributed by atoms with Crippen LogP contribution in [0.4, 0.5) is 10.2 Å². The van der Waals surface area contributed by atoms with Crippen LogP contribution in [0, 0.1) is 11.9 Å². The van der Waals surface area contributed by atoms with Crippen LogP contribution in [0.15, 0.2) is 48.5 Å². The average molecular weight is 286 g/mol. The Labute approximate surface area is 124 Å². The molecule has 1 saturated heterocycles. The van der Waals surface area contributed by atoms with Crippen LogP contribution in [0.5, 0.6) is 0 Å². The van der Waals surface area contributed by atoms with Crippen molar-refractivity contribution >= 4 is 5.82 Å². The number of nitrogens with one attached hydrogen (secondary N) is 1. The molecule has 1 aliphatic heterocycles. The van der Waals surface area contributed by atoms with E-state index in [1.807, 2.05) is 18.2 Å². The number of hydrogen-bond donors (Lipinski definition) is 1. The Hall–Kier alpha value is -1.94. The summed E-state index contributed by atoms with van der Waals surface area (Å²) in [7, 11) is 0. The molecule has 4 heteroatoms. The summed E-state index contributed by atoms with van der Waals surface area (Å²) in [5.74, 6) is 0.484. The minimum absolute atomic E-state index is 0.0982. The Kier molecular flexibility index (Phi) is 4.46. The average Bonchev–Trinajstić information content (AvgIpc) is 2.54. The maximum absolute atomic E-state index is 13.1. The van der Waals surface area contributed by atoms with Gasteiger partial charge in [-0.15, -0.1) is 0 Å². The maximum Gasteiger partial charge on any atom is 0.214 e. The summed E-state index contributed by atoms with van der Waals surface area (Å²) in [5.41, 5.74) is 1.20. The summed E-state index contributed by atoms with van der Waals surface area (Å²) in [6, 6.07) is 15.1. The Bertz CT molecular complexity index is 576. The van der Waals surface area contributed by atoms with Gasteiger partial charge >= 0.3 is 0 Å². The Balaban J connectivity index is 1.67. The van der Waals surface area contributed by atoms with E-state index in [4.69, 9.17) is 4.74 Å². The number of aromatic nitrogens is 1. The van der Waals surface area contributed by atoms with Crippen molar-refractivity contribution in [2.75, 3.05) is 18.5 Å². The van der Waals surface area contributed by atoms with Gasteiger partial charge in [-0.3, -0.25) is 0 Å². The van der Waals surface area contributed by atoms with E-state index < -0.39 is 5.95 Å². The number of rotatable bonds is 4. The third kappa shape index (κ3) is 3.58. The summed E-state index contributed by atoms with van der Waals surface area (Å²) in [5, 5.41) is 3.22. The van der Waals surface area contributed by atoms with Crippen LogP contribution in [0.25, 0.3) is 0 Å². The highest BCUT2D eigenvalue weighted by atomic mass is 19.1. The molecule has 0 saturated carbocycles. The molecule has 0 spiro atoms. The van der Waals surface area contributed by atoms with Gasteiger partial charge in [0.15, 0.2) is 0 Å². The summed E-state index contributed by atoms with van der Waals surface area (Å²) < 4.78 is 19.1. The first-order valence-corrected chi connectivity index (χ1v) is 7.36. The minimum atomic E-state index is -0.459. The second-order valence-electron chi connectivity index (χ2n) is 5.33. The molecular weight excluding hydrogens is 267 g/mol. The van der Waals surface area contributed by atoms with Gasteiger partial charge < -0.3 is 10.1 Å². The molecule has 1 N–H and O–H groups in total. The predicted octanol–water partition coefficient (Wildman–Crippen LogP) is 3.80. The number of halogens is 1. The fourth-order valence-corrected chi connectivity index (χ4v) is 2.81. The number of nitrogens with zero attached hydrogens (tertiary/aromatic N) is 1. The topological polar surface area (TPSA) is 34.1 Å². The number of benzene rings is 1. The second-order valence-corrected chi connectivity index (χ2v) is 5.33. The number of pyridine rings is 1.